The molecule has 3 rings (SSSR count). The second-order valence-electron chi connectivity index (χ2n) is 6.14. The highest BCUT2D eigenvalue weighted by Crippen LogP contribution is 2.26. The molecule has 0 saturated heterocycles. The molecule has 5 nitrogen and oxygen atoms in total. The highest BCUT2D eigenvalue weighted by Gasteiger charge is 2.20. The van der Waals surface area contributed by atoms with Crippen LogP contribution in [0.2, 0.25) is 0 Å². The van der Waals surface area contributed by atoms with Gasteiger partial charge in [0.2, 0.25) is 0 Å². The van der Waals surface area contributed by atoms with Crippen LogP contribution in [0.4, 0.5) is 0 Å². The molecular weight excluding hydrogens is 290 g/mol. The number of furan rings is 1. The molecule has 1 aliphatic heterocycles. The highest BCUT2D eigenvalue weighted by atomic mass is 16.3. The summed E-state index contributed by atoms with van der Waals surface area (Å²) in [6, 6.07) is 7.80. The number of hydrogen-bond donors (Lipinski definition) is 2. The van der Waals surface area contributed by atoms with Gasteiger partial charge in [-0.3, -0.25) is 4.79 Å². The number of carbonyl (C=O) groups excluding carboxylic acids is 1. The third kappa shape index (κ3) is 3.63. The number of para-hydroxylation sites is 1. The molecule has 0 radical (unpaired) electrons. The van der Waals surface area contributed by atoms with Gasteiger partial charge in [0.25, 0.3) is 5.91 Å². The van der Waals surface area contributed by atoms with E-state index in [1.54, 1.807) is 0 Å². The Morgan fingerprint density at radius 3 is 2.91 bits per heavy atom. The fourth-order valence-electron chi connectivity index (χ4n) is 2.86. The fraction of sp³-hybridized carbons (Fsp3) is 0.389. The van der Waals surface area contributed by atoms with Gasteiger partial charge in [-0.25, -0.2) is 0 Å². The van der Waals surface area contributed by atoms with E-state index in [4.69, 9.17) is 4.42 Å². The topological polar surface area (TPSA) is 57.5 Å². The number of benzene rings is 1. The van der Waals surface area contributed by atoms with Gasteiger partial charge >= 0.3 is 0 Å². The van der Waals surface area contributed by atoms with Crippen molar-refractivity contribution in [3.8, 4) is 0 Å². The summed E-state index contributed by atoms with van der Waals surface area (Å²) in [4.78, 5) is 14.6. The summed E-state index contributed by atoms with van der Waals surface area (Å²) < 4.78 is 5.83. The summed E-state index contributed by atoms with van der Waals surface area (Å²) in [5.41, 5.74) is 2.97. The Hall–Kier alpha value is -2.11. The predicted molar refractivity (Wildman–Crippen MR) is 91.5 cm³/mol. The van der Waals surface area contributed by atoms with Crippen LogP contribution in [0.1, 0.15) is 22.5 Å². The normalized spacial score (nSPS) is 15.0. The predicted octanol–water partition coefficient (Wildman–Crippen LogP) is 2.14. The lowest BCUT2D eigenvalue weighted by Crippen LogP contribution is -2.30. The lowest BCUT2D eigenvalue weighted by atomic mass is 10.1. The minimum atomic E-state index is -0.141. The molecule has 2 aromatic rings. The van der Waals surface area contributed by atoms with Crippen molar-refractivity contribution in [2.45, 2.75) is 13.0 Å². The van der Waals surface area contributed by atoms with E-state index in [1.165, 1.54) is 5.57 Å². The number of fused-ring (bicyclic) bond motifs is 1. The molecular formula is C18H23N3O2. The van der Waals surface area contributed by atoms with Crippen LogP contribution in [-0.4, -0.2) is 44.5 Å². The Morgan fingerprint density at radius 1 is 1.35 bits per heavy atom. The quantitative estimate of drug-likeness (QED) is 0.831. The Kier molecular flexibility index (Phi) is 4.79. The molecule has 0 aliphatic carbocycles. The lowest BCUT2D eigenvalue weighted by Gasteiger charge is -2.14. The van der Waals surface area contributed by atoms with Crippen molar-refractivity contribution in [1.82, 2.24) is 15.5 Å². The van der Waals surface area contributed by atoms with E-state index in [9.17, 15) is 4.79 Å². The van der Waals surface area contributed by atoms with Gasteiger partial charge in [0.1, 0.15) is 5.58 Å². The van der Waals surface area contributed by atoms with Gasteiger partial charge in [0.15, 0.2) is 5.76 Å². The van der Waals surface area contributed by atoms with Crippen LogP contribution in [0.25, 0.3) is 11.0 Å². The molecule has 1 amide bonds. The molecule has 0 unspecified atom stereocenters. The summed E-state index contributed by atoms with van der Waals surface area (Å²) in [5.74, 6) is 0.284. The molecule has 2 heterocycles. The second-order valence-corrected chi connectivity index (χ2v) is 6.14. The van der Waals surface area contributed by atoms with Gasteiger partial charge in [0, 0.05) is 30.6 Å². The number of hydrogen-bond acceptors (Lipinski definition) is 4. The van der Waals surface area contributed by atoms with E-state index >= 15 is 0 Å². The first kappa shape index (κ1) is 15.8. The van der Waals surface area contributed by atoms with E-state index in [0.717, 1.165) is 36.0 Å². The van der Waals surface area contributed by atoms with Gasteiger partial charge in [-0.1, -0.05) is 29.8 Å². The zero-order chi connectivity index (χ0) is 16.2. The third-order valence-corrected chi connectivity index (χ3v) is 4.01. The Balaban J connectivity index is 1.82. The monoisotopic (exact) mass is 313 g/mol. The number of amides is 1. The standard InChI is InChI=1S/C18H23N3O2/c1-21(2)12-15-14-5-3-4-6-16(14)23-17(15)18(22)20-11-13-7-9-19-10-8-13/h3-7,19H,8-12H2,1-2H3,(H,20,22). The summed E-state index contributed by atoms with van der Waals surface area (Å²) >= 11 is 0. The first-order chi connectivity index (χ1) is 11.1. The second kappa shape index (κ2) is 6.98. The Morgan fingerprint density at radius 2 is 2.17 bits per heavy atom. The van der Waals surface area contributed by atoms with Crippen molar-refractivity contribution in [1.29, 1.82) is 0 Å². The SMILES string of the molecule is CN(C)Cc1c(C(=O)NCC2=CCNCC2)oc2ccccc12. The maximum Gasteiger partial charge on any atom is 0.287 e. The van der Waals surface area contributed by atoms with Crippen molar-refractivity contribution < 1.29 is 9.21 Å². The molecule has 1 aromatic heterocycles. The van der Waals surface area contributed by atoms with Crippen LogP contribution in [0.5, 0.6) is 0 Å². The number of nitrogens with zero attached hydrogens (tertiary/aromatic N) is 1. The lowest BCUT2D eigenvalue weighted by molar-refractivity contribution is 0.0929. The molecule has 0 saturated carbocycles. The zero-order valence-electron chi connectivity index (χ0n) is 13.7. The van der Waals surface area contributed by atoms with Crippen molar-refractivity contribution >= 4 is 16.9 Å². The molecule has 5 heteroatoms. The van der Waals surface area contributed by atoms with Gasteiger partial charge in [-0.2, -0.15) is 0 Å². The average molecular weight is 313 g/mol. The van der Waals surface area contributed by atoms with Crippen molar-refractivity contribution in [3.05, 3.63) is 47.2 Å². The molecule has 0 spiro atoms. The van der Waals surface area contributed by atoms with Gasteiger partial charge < -0.3 is 20.0 Å². The van der Waals surface area contributed by atoms with Crippen LogP contribution in [-0.2, 0) is 6.54 Å². The van der Waals surface area contributed by atoms with Crippen molar-refractivity contribution in [3.63, 3.8) is 0 Å². The van der Waals surface area contributed by atoms with Crippen LogP contribution in [0.15, 0.2) is 40.3 Å². The molecule has 23 heavy (non-hydrogen) atoms. The van der Waals surface area contributed by atoms with Crippen LogP contribution < -0.4 is 10.6 Å². The molecule has 0 bridgehead atoms. The third-order valence-electron chi connectivity index (χ3n) is 4.01. The minimum Gasteiger partial charge on any atom is -0.451 e. The zero-order valence-corrected chi connectivity index (χ0v) is 13.7. The van der Waals surface area contributed by atoms with Gasteiger partial charge in [0.05, 0.1) is 0 Å². The first-order valence-corrected chi connectivity index (χ1v) is 7.97. The number of rotatable bonds is 5. The molecule has 1 aliphatic rings. The highest BCUT2D eigenvalue weighted by molar-refractivity contribution is 5.99. The summed E-state index contributed by atoms with van der Waals surface area (Å²) in [5, 5.41) is 7.27. The van der Waals surface area contributed by atoms with Crippen LogP contribution in [0.3, 0.4) is 0 Å². The van der Waals surface area contributed by atoms with Crippen molar-refractivity contribution in [2.75, 3.05) is 33.7 Å². The molecule has 2 N–H and O–H groups in total. The summed E-state index contributed by atoms with van der Waals surface area (Å²) in [6.07, 6.45) is 3.12. The molecule has 122 valence electrons. The largest absolute Gasteiger partial charge is 0.451 e. The Bertz CT molecular complexity index is 731. The van der Waals surface area contributed by atoms with E-state index in [-0.39, 0.29) is 5.91 Å². The van der Waals surface area contributed by atoms with E-state index in [1.807, 2.05) is 43.3 Å². The van der Waals surface area contributed by atoms with Gasteiger partial charge in [-0.15, -0.1) is 0 Å². The minimum absolute atomic E-state index is 0.141. The maximum atomic E-state index is 12.6. The maximum absolute atomic E-state index is 12.6. The summed E-state index contributed by atoms with van der Waals surface area (Å²) in [7, 11) is 3.98. The summed E-state index contributed by atoms with van der Waals surface area (Å²) in [6.45, 7) is 3.10. The first-order valence-electron chi connectivity index (χ1n) is 7.97. The van der Waals surface area contributed by atoms with Crippen molar-refractivity contribution in [2.24, 2.45) is 0 Å². The van der Waals surface area contributed by atoms with E-state index < -0.39 is 0 Å². The molecule has 0 fully saturated rings. The van der Waals surface area contributed by atoms with Crippen LogP contribution in [0, 0.1) is 0 Å². The fourth-order valence-corrected chi connectivity index (χ4v) is 2.86. The molecule has 1 aromatic carbocycles. The smallest absolute Gasteiger partial charge is 0.287 e. The average Bonchev–Trinajstić information content (AvgIpc) is 2.92. The van der Waals surface area contributed by atoms with Gasteiger partial charge in [-0.05, 0) is 33.1 Å². The Labute approximate surface area is 136 Å². The number of nitrogens with one attached hydrogen (secondary N) is 2. The van der Waals surface area contributed by atoms with E-state index in [2.05, 4.69) is 16.7 Å². The molecule has 0 atom stereocenters. The van der Waals surface area contributed by atoms with Crippen LogP contribution >= 0.6 is 0 Å². The number of carbonyl (C=O) groups is 1. The van der Waals surface area contributed by atoms with E-state index in [0.29, 0.717) is 18.8 Å².